The second kappa shape index (κ2) is 6.12. The van der Waals surface area contributed by atoms with E-state index in [0.29, 0.717) is 0 Å². The maximum atomic E-state index is 2.45. The van der Waals surface area contributed by atoms with E-state index in [1.165, 1.54) is 25.1 Å². The molecule has 0 N–H and O–H groups in total. The number of rotatable bonds is 4. The van der Waals surface area contributed by atoms with Gasteiger partial charge >= 0.3 is 0 Å². The van der Waals surface area contributed by atoms with E-state index < -0.39 is 0 Å². The van der Waals surface area contributed by atoms with Crippen molar-refractivity contribution in [2.24, 2.45) is 11.8 Å². The SMILES string of the molecule is CC/C=C\C=C(/C)CC1CN(C)C[C@H]1C. The van der Waals surface area contributed by atoms with Crippen molar-refractivity contribution >= 4 is 0 Å². The highest BCUT2D eigenvalue weighted by atomic mass is 15.1. The van der Waals surface area contributed by atoms with Crippen molar-refractivity contribution in [3.8, 4) is 0 Å². The second-order valence-corrected chi connectivity index (χ2v) is 5.01. The van der Waals surface area contributed by atoms with Crippen LogP contribution >= 0.6 is 0 Å². The van der Waals surface area contributed by atoms with Gasteiger partial charge in [0, 0.05) is 13.1 Å². The third-order valence-electron chi connectivity index (χ3n) is 3.29. The quantitative estimate of drug-likeness (QED) is 0.638. The largest absolute Gasteiger partial charge is 0.306 e. The van der Waals surface area contributed by atoms with Gasteiger partial charge < -0.3 is 4.90 Å². The van der Waals surface area contributed by atoms with Gasteiger partial charge in [-0.05, 0) is 38.6 Å². The summed E-state index contributed by atoms with van der Waals surface area (Å²) in [6.07, 6.45) is 9.08. The molecule has 1 saturated heterocycles. The Kier molecular flexibility index (Phi) is 5.10. The van der Waals surface area contributed by atoms with Gasteiger partial charge in [-0.15, -0.1) is 0 Å². The smallest absolute Gasteiger partial charge is 0.00128 e. The molecule has 1 aliphatic rings. The molecule has 1 fully saturated rings. The zero-order valence-electron chi connectivity index (χ0n) is 10.7. The molecule has 86 valence electrons. The number of likely N-dealkylation sites (tertiary alicyclic amines) is 1. The van der Waals surface area contributed by atoms with Gasteiger partial charge in [0.25, 0.3) is 0 Å². The molecule has 1 aliphatic heterocycles. The first kappa shape index (κ1) is 12.5. The Morgan fingerprint density at radius 3 is 2.67 bits per heavy atom. The highest BCUT2D eigenvalue weighted by Gasteiger charge is 2.26. The molecule has 1 heteroatoms. The molecule has 0 radical (unpaired) electrons. The predicted molar refractivity (Wildman–Crippen MR) is 68.0 cm³/mol. The first-order valence-electron chi connectivity index (χ1n) is 6.14. The molecule has 1 unspecified atom stereocenters. The van der Waals surface area contributed by atoms with Crippen LogP contribution in [0.25, 0.3) is 0 Å². The van der Waals surface area contributed by atoms with Crippen LogP contribution in [-0.4, -0.2) is 25.0 Å². The minimum Gasteiger partial charge on any atom is -0.306 e. The van der Waals surface area contributed by atoms with Crippen molar-refractivity contribution < 1.29 is 0 Å². The summed E-state index contributed by atoms with van der Waals surface area (Å²) in [7, 11) is 2.23. The Morgan fingerprint density at radius 2 is 2.13 bits per heavy atom. The van der Waals surface area contributed by atoms with Gasteiger partial charge in [-0.1, -0.05) is 37.6 Å². The molecular weight excluding hydrogens is 182 g/mol. The average molecular weight is 207 g/mol. The van der Waals surface area contributed by atoms with Crippen LogP contribution < -0.4 is 0 Å². The summed E-state index contributed by atoms with van der Waals surface area (Å²) in [5, 5.41) is 0. The van der Waals surface area contributed by atoms with Crippen LogP contribution in [0.2, 0.25) is 0 Å². The summed E-state index contributed by atoms with van der Waals surface area (Å²) in [6, 6.07) is 0. The van der Waals surface area contributed by atoms with Crippen molar-refractivity contribution in [1.82, 2.24) is 4.90 Å². The van der Waals surface area contributed by atoms with Crippen molar-refractivity contribution in [3.63, 3.8) is 0 Å². The van der Waals surface area contributed by atoms with Crippen LogP contribution in [0.15, 0.2) is 23.8 Å². The van der Waals surface area contributed by atoms with E-state index in [-0.39, 0.29) is 0 Å². The number of nitrogens with zero attached hydrogens (tertiary/aromatic N) is 1. The van der Waals surface area contributed by atoms with E-state index in [1.807, 2.05) is 0 Å². The van der Waals surface area contributed by atoms with E-state index in [2.05, 4.69) is 50.9 Å². The molecule has 0 bridgehead atoms. The third kappa shape index (κ3) is 4.21. The summed E-state index contributed by atoms with van der Waals surface area (Å²) < 4.78 is 0. The molecule has 0 amide bonds. The molecule has 0 aliphatic carbocycles. The van der Waals surface area contributed by atoms with E-state index in [9.17, 15) is 0 Å². The van der Waals surface area contributed by atoms with Crippen molar-refractivity contribution in [3.05, 3.63) is 23.8 Å². The first-order chi connectivity index (χ1) is 7.13. The Hall–Kier alpha value is -0.560. The fourth-order valence-corrected chi connectivity index (χ4v) is 2.41. The Labute approximate surface area is 94.9 Å². The molecule has 0 aromatic rings. The second-order valence-electron chi connectivity index (χ2n) is 5.01. The van der Waals surface area contributed by atoms with E-state index >= 15 is 0 Å². The lowest BCUT2D eigenvalue weighted by atomic mass is 9.91. The van der Waals surface area contributed by atoms with Gasteiger partial charge in [-0.2, -0.15) is 0 Å². The third-order valence-corrected chi connectivity index (χ3v) is 3.29. The van der Waals surface area contributed by atoms with E-state index in [1.54, 1.807) is 0 Å². The molecule has 0 spiro atoms. The topological polar surface area (TPSA) is 3.24 Å². The van der Waals surface area contributed by atoms with E-state index in [0.717, 1.165) is 18.3 Å². The summed E-state index contributed by atoms with van der Waals surface area (Å²) in [5.74, 6) is 1.72. The molecule has 0 saturated carbocycles. The van der Waals surface area contributed by atoms with Crippen LogP contribution in [0, 0.1) is 11.8 Å². The van der Waals surface area contributed by atoms with Gasteiger partial charge in [0.1, 0.15) is 0 Å². The molecule has 15 heavy (non-hydrogen) atoms. The van der Waals surface area contributed by atoms with Gasteiger partial charge in [0.15, 0.2) is 0 Å². The zero-order chi connectivity index (χ0) is 11.3. The van der Waals surface area contributed by atoms with Gasteiger partial charge in [0.05, 0.1) is 0 Å². The minimum absolute atomic E-state index is 0.855. The lowest BCUT2D eigenvalue weighted by Gasteiger charge is -2.13. The van der Waals surface area contributed by atoms with Gasteiger partial charge in [-0.25, -0.2) is 0 Å². The number of allylic oxidation sites excluding steroid dienone is 4. The van der Waals surface area contributed by atoms with Gasteiger partial charge in [0.2, 0.25) is 0 Å². The fraction of sp³-hybridized carbons (Fsp3) is 0.714. The molecule has 1 heterocycles. The van der Waals surface area contributed by atoms with Crippen LogP contribution in [-0.2, 0) is 0 Å². The normalized spacial score (nSPS) is 29.2. The average Bonchev–Trinajstić information content (AvgIpc) is 2.45. The molecule has 1 rings (SSSR count). The molecule has 1 nitrogen and oxygen atoms in total. The first-order valence-corrected chi connectivity index (χ1v) is 6.14. The van der Waals surface area contributed by atoms with Crippen molar-refractivity contribution in [1.29, 1.82) is 0 Å². The summed E-state index contributed by atoms with van der Waals surface area (Å²) in [6.45, 7) is 9.34. The van der Waals surface area contributed by atoms with Crippen molar-refractivity contribution in [2.45, 2.75) is 33.6 Å². The van der Waals surface area contributed by atoms with Crippen LogP contribution in [0.4, 0.5) is 0 Å². The van der Waals surface area contributed by atoms with Crippen molar-refractivity contribution in [2.75, 3.05) is 20.1 Å². The Morgan fingerprint density at radius 1 is 1.40 bits per heavy atom. The van der Waals surface area contributed by atoms with Crippen LogP contribution in [0.1, 0.15) is 33.6 Å². The number of hydrogen-bond acceptors (Lipinski definition) is 1. The molecular formula is C14H25N. The standard InChI is InChI=1S/C14H25N/c1-5-6-7-8-12(2)9-14-11-15(4)10-13(14)3/h6-8,13-14H,5,9-11H2,1-4H3/b7-6-,12-8+/t13-,14?/m1/s1. The van der Waals surface area contributed by atoms with Crippen LogP contribution in [0.5, 0.6) is 0 Å². The highest BCUT2D eigenvalue weighted by Crippen LogP contribution is 2.27. The van der Waals surface area contributed by atoms with E-state index in [4.69, 9.17) is 0 Å². The Balaban J connectivity index is 2.40. The monoisotopic (exact) mass is 207 g/mol. The van der Waals surface area contributed by atoms with Crippen LogP contribution in [0.3, 0.4) is 0 Å². The minimum atomic E-state index is 0.855. The van der Waals surface area contributed by atoms with Gasteiger partial charge in [-0.3, -0.25) is 0 Å². The predicted octanol–water partition coefficient (Wildman–Crippen LogP) is 3.49. The number of hydrogen-bond donors (Lipinski definition) is 0. The lowest BCUT2D eigenvalue weighted by molar-refractivity contribution is 0.394. The maximum absolute atomic E-state index is 2.45. The molecule has 0 aromatic heterocycles. The summed E-state index contributed by atoms with van der Waals surface area (Å²) in [5.41, 5.74) is 1.52. The maximum Gasteiger partial charge on any atom is 0.00128 e. The zero-order valence-corrected chi connectivity index (χ0v) is 10.7. The molecule has 2 atom stereocenters. The Bertz CT molecular complexity index is 240. The highest BCUT2D eigenvalue weighted by molar-refractivity contribution is 5.11. The fourth-order valence-electron chi connectivity index (χ4n) is 2.41. The lowest BCUT2D eigenvalue weighted by Crippen LogP contribution is -2.14. The molecule has 0 aromatic carbocycles. The summed E-state index contributed by atoms with van der Waals surface area (Å²) in [4.78, 5) is 2.45. The summed E-state index contributed by atoms with van der Waals surface area (Å²) >= 11 is 0.